The van der Waals surface area contributed by atoms with E-state index in [9.17, 15) is 22.4 Å². The summed E-state index contributed by atoms with van der Waals surface area (Å²) in [4.78, 5) is 11.5. The highest BCUT2D eigenvalue weighted by molar-refractivity contribution is 6.30. The Labute approximate surface area is 103 Å². The van der Waals surface area contributed by atoms with Gasteiger partial charge in [0.25, 0.3) is 5.56 Å². The molecule has 1 aromatic carbocycles. The molecule has 1 aromatic heterocycles. The van der Waals surface area contributed by atoms with Crippen molar-refractivity contribution in [2.24, 2.45) is 0 Å². The lowest BCUT2D eigenvalue weighted by Crippen LogP contribution is -2.22. The van der Waals surface area contributed by atoms with Crippen molar-refractivity contribution >= 4 is 11.6 Å². The molecule has 0 aliphatic heterocycles. The van der Waals surface area contributed by atoms with Crippen LogP contribution in [0.1, 0.15) is 5.56 Å². The SMILES string of the molecule is O=c1c(C(F)(F)F)c[nH]n1-c1ccc(F)c(Cl)c1. The molecule has 1 heterocycles. The van der Waals surface area contributed by atoms with Gasteiger partial charge in [0, 0.05) is 6.20 Å². The number of aromatic amines is 1. The maximum atomic E-state index is 12.9. The minimum Gasteiger partial charge on any atom is -0.298 e. The van der Waals surface area contributed by atoms with Crippen LogP contribution >= 0.6 is 11.6 Å². The maximum absolute atomic E-state index is 12.9. The Kier molecular flexibility index (Phi) is 2.94. The van der Waals surface area contributed by atoms with Gasteiger partial charge in [0.2, 0.25) is 0 Å². The molecule has 2 aromatic rings. The van der Waals surface area contributed by atoms with Crippen molar-refractivity contribution in [3.63, 3.8) is 0 Å². The van der Waals surface area contributed by atoms with Crippen molar-refractivity contribution in [3.8, 4) is 5.69 Å². The first-order valence-corrected chi connectivity index (χ1v) is 5.01. The van der Waals surface area contributed by atoms with E-state index in [1.807, 2.05) is 0 Å². The molecule has 96 valence electrons. The average Bonchev–Trinajstić information content (AvgIpc) is 2.64. The van der Waals surface area contributed by atoms with Crippen LogP contribution in [0.2, 0.25) is 5.02 Å². The molecule has 0 aliphatic carbocycles. The van der Waals surface area contributed by atoms with E-state index in [1.165, 1.54) is 0 Å². The summed E-state index contributed by atoms with van der Waals surface area (Å²) in [6, 6.07) is 3.15. The van der Waals surface area contributed by atoms with Gasteiger partial charge >= 0.3 is 6.18 Å². The van der Waals surface area contributed by atoms with Crippen LogP contribution in [0.5, 0.6) is 0 Å². The second kappa shape index (κ2) is 4.16. The first-order valence-electron chi connectivity index (χ1n) is 4.64. The van der Waals surface area contributed by atoms with Crippen LogP contribution in [-0.2, 0) is 6.18 Å². The summed E-state index contributed by atoms with van der Waals surface area (Å²) < 4.78 is 50.7. The third kappa shape index (κ3) is 2.13. The number of aromatic nitrogens is 2. The standard InChI is InChI=1S/C10H5ClF4N2O/c11-7-3-5(1-2-8(7)12)17-9(18)6(4-16-17)10(13,14)15/h1-4,16H. The van der Waals surface area contributed by atoms with Gasteiger partial charge in [0.15, 0.2) is 0 Å². The summed E-state index contributed by atoms with van der Waals surface area (Å²) in [5.41, 5.74) is -2.59. The van der Waals surface area contributed by atoms with Gasteiger partial charge in [-0.1, -0.05) is 11.6 Å². The minimum atomic E-state index is -4.75. The Balaban J connectivity index is 2.56. The predicted octanol–water partition coefficient (Wildman–Crippen LogP) is 2.98. The fourth-order valence-corrected chi connectivity index (χ4v) is 1.56. The van der Waals surface area contributed by atoms with Gasteiger partial charge in [-0.15, -0.1) is 0 Å². The van der Waals surface area contributed by atoms with E-state index in [1.54, 1.807) is 0 Å². The molecule has 18 heavy (non-hydrogen) atoms. The van der Waals surface area contributed by atoms with Crippen molar-refractivity contribution in [2.75, 3.05) is 0 Å². The molecule has 0 amide bonds. The molecule has 0 saturated carbocycles. The van der Waals surface area contributed by atoms with Crippen LogP contribution in [0.15, 0.2) is 29.2 Å². The molecule has 8 heteroatoms. The van der Waals surface area contributed by atoms with Crippen LogP contribution < -0.4 is 5.56 Å². The first kappa shape index (κ1) is 12.7. The Bertz CT molecular complexity index is 644. The van der Waals surface area contributed by atoms with Crippen LogP contribution in [0.3, 0.4) is 0 Å². The molecule has 2 rings (SSSR count). The summed E-state index contributed by atoms with van der Waals surface area (Å²) in [5, 5.41) is 1.86. The zero-order chi connectivity index (χ0) is 13.5. The minimum absolute atomic E-state index is 0.0156. The van der Waals surface area contributed by atoms with Crippen molar-refractivity contribution in [2.45, 2.75) is 6.18 Å². The van der Waals surface area contributed by atoms with E-state index < -0.39 is 23.1 Å². The lowest BCUT2D eigenvalue weighted by Gasteiger charge is -2.03. The zero-order valence-electron chi connectivity index (χ0n) is 8.55. The number of alkyl halides is 3. The fourth-order valence-electron chi connectivity index (χ4n) is 1.39. The van der Waals surface area contributed by atoms with Crippen LogP contribution in [0.25, 0.3) is 5.69 Å². The highest BCUT2D eigenvalue weighted by atomic mass is 35.5. The van der Waals surface area contributed by atoms with Gasteiger partial charge in [-0.05, 0) is 18.2 Å². The van der Waals surface area contributed by atoms with Crippen molar-refractivity contribution in [1.29, 1.82) is 0 Å². The molecule has 0 saturated heterocycles. The number of nitrogens with one attached hydrogen (secondary N) is 1. The number of rotatable bonds is 1. The summed E-state index contributed by atoms with van der Waals surface area (Å²) in [5.74, 6) is -0.726. The van der Waals surface area contributed by atoms with Crippen molar-refractivity contribution < 1.29 is 17.6 Å². The number of hydrogen-bond donors (Lipinski definition) is 1. The van der Waals surface area contributed by atoms with E-state index >= 15 is 0 Å². The Morgan fingerprint density at radius 1 is 1.28 bits per heavy atom. The second-order valence-corrected chi connectivity index (χ2v) is 3.83. The number of halogens is 5. The fraction of sp³-hybridized carbons (Fsp3) is 0.100. The molecule has 0 spiro atoms. The summed E-state index contributed by atoms with van der Waals surface area (Å²) in [7, 11) is 0. The normalized spacial score (nSPS) is 11.8. The lowest BCUT2D eigenvalue weighted by molar-refractivity contribution is -0.138. The molecule has 3 nitrogen and oxygen atoms in total. The highest BCUT2D eigenvalue weighted by Crippen LogP contribution is 2.26. The van der Waals surface area contributed by atoms with Crippen molar-refractivity contribution in [1.82, 2.24) is 9.78 Å². The quantitative estimate of drug-likeness (QED) is 0.801. The molecule has 0 unspecified atom stereocenters. The maximum Gasteiger partial charge on any atom is 0.423 e. The molecular weight excluding hydrogens is 276 g/mol. The largest absolute Gasteiger partial charge is 0.423 e. The van der Waals surface area contributed by atoms with Crippen LogP contribution in [0.4, 0.5) is 17.6 Å². The van der Waals surface area contributed by atoms with Crippen LogP contribution in [0, 0.1) is 5.82 Å². The number of hydrogen-bond acceptors (Lipinski definition) is 1. The summed E-state index contributed by atoms with van der Waals surface area (Å²) >= 11 is 5.49. The molecule has 0 aliphatic rings. The topological polar surface area (TPSA) is 37.8 Å². The Hall–Kier alpha value is -1.76. The molecule has 1 N–H and O–H groups in total. The first-order chi connectivity index (χ1) is 8.30. The summed E-state index contributed by atoms with van der Waals surface area (Å²) in [6.07, 6.45) is -4.21. The number of H-pyrrole nitrogens is 1. The van der Waals surface area contributed by atoms with Gasteiger partial charge in [-0.3, -0.25) is 9.89 Å². The third-order valence-corrected chi connectivity index (χ3v) is 2.53. The van der Waals surface area contributed by atoms with Gasteiger partial charge < -0.3 is 0 Å². The average molecular weight is 281 g/mol. The number of nitrogens with zero attached hydrogens (tertiary/aromatic N) is 1. The van der Waals surface area contributed by atoms with E-state index in [0.717, 1.165) is 18.2 Å². The highest BCUT2D eigenvalue weighted by Gasteiger charge is 2.35. The lowest BCUT2D eigenvalue weighted by atomic mass is 10.3. The molecule has 0 bridgehead atoms. The second-order valence-electron chi connectivity index (χ2n) is 3.42. The van der Waals surface area contributed by atoms with Crippen LogP contribution in [-0.4, -0.2) is 9.78 Å². The smallest absolute Gasteiger partial charge is 0.298 e. The Morgan fingerprint density at radius 3 is 2.44 bits per heavy atom. The van der Waals surface area contributed by atoms with Gasteiger partial charge in [-0.2, -0.15) is 13.2 Å². The predicted molar refractivity (Wildman–Crippen MR) is 56.4 cm³/mol. The third-order valence-electron chi connectivity index (χ3n) is 2.24. The van der Waals surface area contributed by atoms with E-state index in [4.69, 9.17) is 11.6 Å². The molecule has 0 fully saturated rings. The van der Waals surface area contributed by atoms with Crippen molar-refractivity contribution in [3.05, 3.63) is 51.2 Å². The van der Waals surface area contributed by atoms with Gasteiger partial charge in [0.1, 0.15) is 11.4 Å². The Morgan fingerprint density at radius 2 is 1.94 bits per heavy atom. The summed E-state index contributed by atoms with van der Waals surface area (Å²) in [6.45, 7) is 0. The van der Waals surface area contributed by atoms with Gasteiger partial charge in [0.05, 0.1) is 10.7 Å². The molecular formula is C10H5ClF4N2O. The number of benzene rings is 1. The van der Waals surface area contributed by atoms with E-state index in [-0.39, 0.29) is 10.7 Å². The molecule has 0 radical (unpaired) electrons. The van der Waals surface area contributed by atoms with E-state index in [2.05, 4.69) is 5.10 Å². The van der Waals surface area contributed by atoms with Gasteiger partial charge in [-0.25, -0.2) is 9.07 Å². The van der Waals surface area contributed by atoms with E-state index in [0.29, 0.717) is 10.9 Å². The zero-order valence-corrected chi connectivity index (χ0v) is 9.31. The molecule has 0 atom stereocenters. The monoisotopic (exact) mass is 280 g/mol.